The van der Waals surface area contributed by atoms with Crippen molar-refractivity contribution in [2.75, 3.05) is 5.32 Å². The molecule has 4 heteroatoms. The second kappa shape index (κ2) is 4.73. The van der Waals surface area contributed by atoms with Crippen molar-refractivity contribution in [2.45, 2.75) is 31.4 Å². The van der Waals surface area contributed by atoms with Crippen LogP contribution in [-0.4, -0.2) is 17.3 Å². The predicted octanol–water partition coefficient (Wildman–Crippen LogP) is 2.54. The summed E-state index contributed by atoms with van der Waals surface area (Å²) in [4.78, 5) is 0. The molecule has 1 aromatic carbocycles. The number of aliphatic hydroxyl groups is 1. The number of rotatable bonds is 2. The first-order valence-corrected chi connectivity index (χ1v) is 5.73. The van der Waals surface area contributed by atoms with Crippen LogP contribution in [0.2, 0.25) is 5.02 Å². The number of hydrogen-bond acceptors (Lipinski definition) is 3. The largest absolute Gasteiger partial charge is 0.391 e. The second-order valence-electron chi connectivity index (χ2n) is 4.06. The number of aliphatic hydroxyl groups excluding tert-OH is 1. The van der Waals surface area contributed by atoms with Gasteiger partial charge in [0.05, 0.1) is 34.5 Å². The standard InChI is InChI=1S/C12H13ClN2O/c13-9-6-8(7-14)4-5-10(9)15-11-2-1-3-12(11)16/h4-6,11-12,15-16H,1-3H2/t11-,12-/m0/s1. The lowest BCUT2D eigenvalue weighted by Crippen LogP contribution is -2.27. The van der Waals surface area contributed by atoms with Crippen molar-refractivity contribution in [3.8, 4) is 6.07 Å². The molecular weight excluding hydrogens is 224 g/mol. The highest BCUT2D eigenvalue weighted by Gasteiger charge is 2.25. The van der Waals surface area contributed by atoms with Crippen LogP contribution in [0.25, 0.3) is 0 Å². The zero-order chi connectivity index (χ0) is 11.5. The number of nitrogens with one attached hydrogen (secondary N) is 1. The smallest absolute Gasteiger partial charge is 0.0992 e. The van der Waals surface area contributed by atoms with E-state index in [0.29, 0.717) is 10.6 Å². The number of halogens is 1. The molecule has 1 aliphatic rings. The van der Waals surface area contributed by atoms with Crippen molar-refractivity contribution in [3.63, 3.8) is 0 Å². The normalized spacial score (nSPS) is 24.1. The highest BCUT2D eigenvalue weighted by Crippen LogP contribution is 2.28. The molecule has 1 saturated carbocycles. The average molecular weight is 237 g/mol. The van der Waals surface area contributed by atoms with Crippen LogP contribution in [-0.2, 0) is 0 Å². The number of anilines is 1. The third-order valence-corrected chi connectivity index (χ3v) is 3.23. The number of benzene rings is 1. The summed E-state index contributed by atoms with van der Waals surface area (Å²) in [5.41, 5.74) is 1.33. The fourth-order valence-corrected chi connectivity index (χ4v) is 2.25. The summed E-state index contributed by atoms with van der Waals surface area (Å²) >= 11 is 6.04. The van der Waals surface area contributed by atoms with E-state index in [1.807, 2.05) is 6.07 Å². The van der Waals surface area contributed by atoms with Crippen LogP contribution in [0.15, 0.2) is 18.2 Å². The molecule has 1 aromatic rings. The van der Waals surface area contributed by atoms with Gasteiger partial charge in [0.2, 0.25) is 0 Å². The van der Waals surface area contributed by atoms with Crippen LogP contribution in [0, 0.1) is 11.3 Å². The Bertz CT molecular complexity index is 428. The van der Waals surface area contributed by atoms with Crippen LogP contribution in [0.1, 0.15) is 24.8 Å². The molecule has 0 heterocycles. The zero-order valence-corrected chi connectivity index (χ0v) is 9.54. The number of nitriles is 1. The molecule has 0 spiro atoms. The molecule has 0 amide bonds. The maximum Gasteiger partial charge on any atom is 0.0992 e. The minimum absolute atomic E-state index is 0.0745. The predicted molar refractivity (Wildman–Crippen MR) is 63.4 cm³/mol. The molecule has 0 aromatic heterocycles. The van der Waals surface area contributed by atoms with Crippen molar-refractivity contribution in [1.82, 2.24) is 0 Å². The fraction of sp³-hybridized carbons (Fsp3) is 0.417. The monoisotopic (exact) mass is 236 g/mol. The molecule has 1 fully saturated rings. The second-order valence-corrected chi connectivity index (χ2v) is 4.46. The van der Waals surface area contributed by atoms with E-state index in [2.05, 4.69) is 5.32 Å². The highest BCUT2D eigenvalue weighted by atomic mass is 35.5. The van der Waals surface area contributed by atoms with Gasteiger partial charge in [-0.1, -0.05) is 11.6 Å². The average Bonchev–Trinajstić information content (AvgIpc) is 2.67. The van der Waals surface area contributed by atoms with Crippen molar-refractivity contribution in [3.05, 3.63) is 28.8 Å². The molecule has 2 rings (SSSR count). The van der Waals surface area contributed by atoms with Crippen molar-refractivity contribution >= 4 is 17.3 Å². The van der Waals surface area contributed by atoms with Gasteiger partial charge in [-0.15, -0.1) is 0 Å². The Hall–Kier alpha value is -1.24. The van der Waals surface area contributed by atoms with Crippen molar-refractivity contribution in [1.29, 1.82) is 5.26 Å². The highest BCUT2D eigenvalue weighted by molar-refractivity contribution is 6.33. The first-order chi connectivity index (χ1) is 7.70. The van der Waals surface area contributed by atoms with Gasteiger partial charge in [0, 0.05) is 0 Å². The first-order valence-electron chi connectivity index (χ1n) is 5.35. The molecule has 2 N–H and O–H groups in total. The lowest BCUT2D eigenvalue weighted by atomic mass is 10.1. The van der Waals surface area contributed by atoms with Crippen molar-refractivity contribution < 1.29 is 5.11 Å². The Balaban J connectivity index is 2.13. The van der Waals surface area contributed by atoms with Gasteiger partial charge in [0.15, 0.2) is 0 Å². The summed E-state index contributed by atoms with van der Waals surface area (Å²) in [6, 6.07) is 7.24. The van der Waals surface area contributed by atoms with Gasteiger partial charge in [-0.25, -0.2) is 0 Å². The van der Waals surface area contributed by atoms with E-state index in [1.54, 1.807) is 18.2 Å². The zero-order valence-electron chi connectivity index (χ0n) is 8.78. The molecule has 16 heavy (non-hydrogen) atoms. The van der Waals surface area contributed by atoms with E-state index in [9.17, 15) is 5.11 Å². The van der Waals surface area contributed by atoms with Gasteiger partial charge in [-0.05, 0) is 37.5 Å². The molecule has 0 radical (unpaired) electrons. The fourth-order valence-electron chi connectivity index (χ4n) is 2.01. The van der Waals surface area contributed by atoms with Gasteiger partial charge in [-0.2, -0.15) is 5.26 Å². The van der Waals surface area contributed by atoms with Crippen molar-refractivity contribution in [2.24, 2.45) is 0 Å². The van der Waals surface area contributed by atoms with Crippen LogP contribution >= 0.6 is 11.6 Å². The van der Waals surface area contributed by atoms with E-state index in [0.717, 1.165) is 24.9 Å². The van der Waals surface area contributed by atoms with Crippen LogP contribution < -0.4 is 5.32 Å². The summed E-state index contributed by atoms with van der Waals surface area (Å²) in [5.74, 6) is 0. The van der Waals surface area contributed by atoms with E-state index in [-0.39, 0.29) is 12.1 Å². The number of nitrogens with zero attached hydrogens (tertiary/aromatic N) is 1. The quantitative estimate of drug-likeness (QED) is 0.830. The molecular formula is C12H13ClN2O. The minimum atomic E-state index is -0.299. The number of hydrogen-bond donors (Lipinski definition) is 2. The Kier molecular flexibility index (Phi) is 3.33. The maximum atomic E-state index is 9.68. The van der Waals surface area contributed by atoms with Gasteiger partial charge < -0.3 is 10.4 Å². The maximum absolute atomic E-state index is 9.68. The lowest BCUT2D eigenvalue weighted by molar-refractivity contribution is 0.172. The van der Waals surface area contributed by atoms with Crippen LogP contribution in [0.5, 0.6) is 0 Å². The topological polar surface area (TPSA) is 56.0 Å². The molecule has 0 unspecified atom stereocenters. The Morgan fingerprint density at radius 3 is 2.81 bits per heavy atom. The molecule has 1 aliphatic carbocycles. The summed E-state index contributed by atoms with van der Waals surface area (Å²) in [6.45, 7) is 0. The summed E-state index contributed by atoms with van der Waals surface area (Å²) in [7, 11) is 0. The van der Waals surface area contributed by atoms with E-state index < -0.39 is 0 Å². The lowest BCUT2D eigenvalue weighted by Gasteiger charge is -2.18. The Morgan fingerprint density at radius 1 is 1.44 bits per heavy atom. The Labute approximate surface area is 99.7 Å². The van der Waals surface area contributed by atoms with Gasteiger partial charge in [0.1, 0.15) is 0 Å². The van der Waals surface area contributed by atoms with Crippen LogP contribution in [0.3, 0.4) is 0 Å². The SMILES string of the molecule is N#Cc1ccc(N[C@H]2CCC[C@@H]2O)c(Cl)c1. The van der Waals surface area contributed by atoms with Gasteiger partial charge >= 0.3 is 0 Å². The third kappa shape index (κ3) is 2.29. The molecule has 0 aliphatic heterocycles. The molecule has 2 atom stereocenters. The minimum Gasteiger partial charge on any atom is -0.391 e. The molecule has 84 valence electrons. The van der Waals surface area contributed by atoms with Gasteiger partial charge in [0.25, 0.3) is 0 Å². The summed E-state index contributed by atoms with van der Waals surface area (Å²) in [5, 5.41) is 22.1. The van der Waals surface area contributed by atoms with E-state index >= 15 is 0 Å². The van der Waals surface area contributed by atoms with Gasteiger partial charge in [-0.3, -0.25) is 0 Å². The summed E-state index contributed by atoms with van der Waals surface area (Å²) < 4.78 is 0. The first kappa shape index (κ1) is 11.3. The Morgan fingerprint density at radius 2 is 2.25 bits per heavy atom. The summed E-state index contributed by atoms with van der Waals surface area (Å²) in [6.07, 6.45) is 2.53. The molecule has 0 bridgehead atoms. The molecule has 3 nitrogen and oxygen atoms in total. The molecule has 0 saturated heterocycles. The third-order valence-electron chi connectivity index (χ3n) is 2.92. The van der Waals surface area contributed by atoms with E-state index in [4.69, 9.17) is 16.9 Å². The van der Waals surface area contributed by atoms with E-state index in [1.165, 1.54) is 0 Å². The van der Waals surface area contributed by atoms with Crippen LogP contribution in [0.4, 0.5) is 5.69 Å².